The molecule has 0 radical (unpaired) electrons. The van der Waals surface area contributed by atoms with Crippen LogP contribution in [0.1, 0.15) is 15.9 Å². The molecular formula is C21H18O5. The van der Waals surface area contributed by atoms with E-state index in [0.717, 1.165) is 11.5 Å². The first-order chi connectivity index (χ1) is 12.5. The summed E-state index contributed by atoms with van der Waals surface area (Å²) < 4.78 is 10.3. The van der Waals surface area contributed by atoms with Crippen LogP contribution in [0.4, 0.5) is 0 Å². The highest BCUT2D eigenvalue weighted by molar-refractivity contribution is 6.12. The zero-order chi connectivity index (χ0) is 18.7. The van der Waals surface area contributed by atoms with Crippen molar-refractivity contribution in [2.75, 3.05) is 14.2 Å². The molecule has 0 unspecified atom stereocenters. The molecule has 0 bridgehead atoms. The zero-order valence-electron chi connectivity index (χ0n) is 14.4. The summed E-state index contributed by atoms with van der Waals surface area (Å²) in [6, 6.07) is 15.3. The van der Waals surface area contributed by atoms with Crippen LogP contribution in [0, 0.1) is 0 Å². The molecule has 0 atom stereocenters. The van der Waals surface area contributed by atoms with Crippen LogP contribution in [0.15, 0.2) is 60.7 Å². The number of fused-ring (bicyclic) bond motifs is 1. The van der Waals surface area contributed by atoms with E-state index in [1.54, 1.807) is 42.5 Å². The number of phenolic OH excluding ortho intramolecular Hbond substituents is 1. The highest BCUT2D eigenvalue weighted by Gasteiger charge is 2.14. The van der Waals surface area contributed by atoms with Gasteiger partial charge in [-0.25, -0.2) is 0 Å². The van der Waals surface area contributed by atoms with Crippen molar-refractivity contribution < 1.29 is 24.5 Å². The lowest BCUT2D eigenvalue weighted by atomic mass is 10.0. The van der Waals surface area contributed by atoms with E-state index in [2.05, 4.69) is 0 Å². The lowest BCUT2D eigenvalue weighted by Crippen LogP contribution is -1.98. The summed E-state index contributed by atoms with van der Waals surface area (Å²) in [7, 11) is 3.00. The standard InChI is InChI=1S/C21H18O5/c1-25-19-10-8-14(11-20(19)26-2)17(22)12-18(23)16-9-7-13-5-3-4-6-15(13)21(16)24/h3-12,22,24H,1-2H3/b17-12-. The fraction of sp³-hybridized carbons (Fsp3) is 0.0952. The third kappa shape index (κ3) is 3.19. The van der Waals surface area contributed by atoms with Crippen LogP contribution in [0.5, 0.6) is 17.2 Å². The fourth-order valence-electron chi connectivity index (χ4n) is 2.73. The first-order valence-electron chi connectivity index (χ1n) is 7.93. The Bertz CT molecular complexity index is 1000. The maximum Gasteiger partial charge on any atom is 0.193 e. The van der Waals surface area contributed by atoms with Gasteiger partial charge in [0, 0.05) is 17.0 Å². The maximum atomic E-state index is 12.5. The van der Waals surface area contributed by atoms with Gasteiger partial charge in [0.25, 0.3) is 0 Å². The fourth-order valence-corrected chi connectivity index (χ4v) is 2.73. The number of carbonyl (C=O) groups excluding carboxylic acids is 1. The number of carbonyl (C=O) groups is 1. The predicted octanol–water partition coefficient (Wildman–Crippen LogP) is 4.34. The van der Waals surface area contributed by atoms with Crippen molar-refractivity contribution in [3.8, 4) is 17.2 Å². The largest absolute Gasteiger partial charge is 0.507 e. The zero-order valence-corrected chi connectivity index (χ0v) is 14.4. The lowest BCUT2D eigenvalue weighted by molar-refractivity contribution is 0.104. The molecule has 2 N–H and O–H groups in total. The summed E-state index contributed by atoms with van der Waals surface area (Å²) in [5.74, 6) is 0.113. The number of allylic oxidation sites excluding steroid dienone is 1. The number of phenols is 1. The normalized spacial score (nSPS) is 11.4. The van der Waals surface area contributed by atoms with Crippen LogP contribution in [0.3, 0.4) is 0 Å². The quantitative estimate of drug-likeness (QED) is 0.407. The van der Waals surface area contributed by atoms with Gasteiger partial charge in [0.1, 0.15) is 11.5 Å². The molecule has 0 spiro atoms. The van der Waals surface area contributed by atoms with Gasteiger partial charge in [0.2, 0.25) is 0 Å². The molecule has 3 aromatic carbocycles. The molecule has 0 aliphatic heterocycles. The van der Waals surface area contributed by atoms with Gasteiger partial charge < -0.3 is 19.7 Å². The van der Waals surface area contributed by atoms with Gasteiger partial charge in [-0.2, -0.15) is 0 Å². The Morgan fingerprint density at radius 2 is 1.69 bits per heavy atom. The number of aliphatic hydroxyl groups is 1. The van der Waals surface area contributed by atoms with Crippen LogP contribution in [0.2, 0.25) is 0 Å². The first kappa shape index (κ1) is 17.4. The third-order valence-electron chi connectivity index (χ3n) is 4.11. The minimum atomic E-state index is -0.500. The van der Waals surface area contributed by atoms with Crippen molar-refractivity contribution in [2.24, 2.45) is 0 Å². The van der Waals surface area contributed by atoms with Crippen molar-refractivity contribution in [3.63, 3.8) is 0 Å². The minimum absolute atomic E-state index is 0.107. The Morgan fingerprint density at radius 3 is 2.42 bits per heavy atom. The summed E-state index contributed by atoms with van der Waals surface area (Å²) in [5.41, 5.74) is 0.520. The Hall–Kier alpha value is -3.47. The number of aliphatic hydroxyl groups excluding tert-OH is 1. The predicted molar refractivity (Wildman–Crippen MR) is 100 cm³/mol. The number of rotatable bonds is 5. The molecule has 0 aliphatic carbocycles. The second kappa shape index (κ2) is 7.19. The molecular weight excluding hydrogens is 332 g/mol. The summed E-state index contributed by atoms with van der Waals surface area (Å²) in [5, 5.41) is 22.1. The van der Waals surface area contributed by atoms with Crippen molar-refractivity contribution in [1.29, 1.82) is 0 Å². The van der Waals surface area contributed by atoms with Crippen LogP contribution >= 0.6 is 0 Å². The summed E-state index contributed by atoms with van der Waals surface area (Å²) in [4.78, 5) is 12.5. The smallest absolute Gasteiger partial charge is 0.193 e. The number of ketones is 1. The molecule has 3 aromatic rings. The number of aromatic hydroxyl groups is 1. The average Bonchev–Trinajstić information content (AvgIpc) is 2.67. The SMILES string of the molecule is COc1ccc(/C(O)=C/C(=O)c2ccc3ccccc3c2O)cc1OC. The monoisotopic (exact) mass is 350 g/mol. The van der Waals surface area contributed by atoms with E-state index in [4.69, 9.17) is 9.47 Å². The van der Waals surface area contributed by atoms with E-state index in [1.807, 2.05) is 12.1 Å². The van der Waals surface area contributed by atoms with Gasteiger partial charge in [-0.3, -0.25) is 4.79 Å². The van der Waals surface area contributed by atoms with Crippen LogP contribution in [-0.4, -0.2) is 30.2 Å². The van der Waals surface area contributed by atoms with Gasteiger partial charge in [-0.15, -0.1) is 0 Å². The van der Waals surface area contributed by atoms with Gasteiger partial charge in [0.05, 0.1) is 19.8 Å². The van der Waals surface area contributed by atoms with Crippen molar-refractivity contribution in [2.45, 2.75) is 0 Å². The highest BCUT2D eigenvalue weighted by atomic mass is 16.5. The first-order valence-corrected chi connectivity index (χ1v) is 7.93. The topological polar surface area (TPSA) is 76.0 Å². The molecule has 0 amide bonds. The molecule has 0 saturated heterocycles. The summed E-state index contributed by atoms with van der Waals surface area (Å²) in [6.45, 7) is 0. The second-order valence-corrected chi connectivity index (χ2v) is 5.65. The van der Waals surface area contributed by atoms with E-state index >= 15 is 0 Å². The number of hydrogen-bond acceptors (Lipinski definition) is 5. The Balaban J connectivity index is 1.97. The molecule has 0 saturated carbocycles. The van der Waals surface area contributed by atoms with E-state index in [9.17, 15) is 15.0 Å². The van der Waals surface area contributed by atoms with Gasteiger partial charge in [-0.05, 0) is 29.7 Å². The molecule has 26 heavy (non-hydrogen) atoms. The van der Waals surface area contributed by atoms with E-state index in [1.165, 1.54) is 14.2 Å². The number of ether oxygens (including phenoxy) is 2. The Morgan fingerprint density at radius 1 is 0.962 bits per heavy atom. The van der Waals surface area contributed by atoms with Crippen molar-refractivity contribution in [1.82, 2.24) is 0 Å². The van der Waals surface area contributed by atoms with E-state index in [0.29, 0.717) is 22.4 Å². The van der Waals surface area contributed by atoms with Gasteiger partial charge in [0.15, 0.2) is 17.3 Å². The van der Waals surface area contributed by atoms with Crippen molar-refractivity contribution in [3.05, 3.63) is 71.8 Å². The molecule has 0 aliphatic rings. The highest BCUT2D eigenvalue weighted by Crippen LogP contribution is 2.31. The van der Waals surface area contributed by atoms with E-state index < -0.39 is 5.78 Å². The molecule has 0 aromatic heterocycles. The second-order valence-electron chi connectivity index (χ2n) is 5.65. The summed E-state index contributed by atoms with van der Waals surface area (Å²) in [6.07, 6.45) is 1.07. The summed E-state index contributed by atoms with van der Waals surface area (Å²) >= 11 is 0. The van der Waals surface area contributed by atoms with Gasteiger partial charge in [-0.1, -0.05) is 30.3 Å². The molecule has 0 heterocycles. The number of methoxy groups -OCH3 is 2. The lowest BCUT2D eigenvalue weighted by Gasteiger charge is -2.09. The Labute approximate surface area is 150 Å². The third-order valence-corrected chi connectivity index (χ3v) is 4.11. The molecule has 5 nitrogen and oxygen atoms in total. The number of benzene rings is 3. The van der Waals surface area contributed by atoms with Crippen LogP contribution in [0.25, 0.3) is 16.5 Å². The minimum Gasteiger partial charge on any atom is -0.507 e. The van der Waals surface area contributed by atoms with Crippen molar-refractivity contribution >= 4 is 22.3 Å². The molecule has 132 valence electrons. The van der Waals surface area contributed by atoms with Crippen LogP contribution in [-0.2, 0) is 0 Å². The molecule has 5 heteroatoms. The van der Waals surface area contributed by atoms with Gasteiger partial charge >= 0.3 is 0 Å². The maximum absolute atomic E-state index is 12.5. The average molecular weight is 350 g/mol. The molecule has 0 fully saturated rings. The molecule has 3 rings (SSSR count). The Kier molecular flexibility index (Phi) is 4.80. The van der Waals surface area contributed by atoms with E-state index in [-0.39, 0.29) is 17.1 Å². The number of hydrogen-bond donors (Lipinski definition) is 2. The van der Waals surface area contributed by atoms with Crippen LogP contribution < -0.4 is 9.47 Å².